The van der Waals surface area contributed by atoms with E-state index in [4.69, 9.17) is 0 Å². The van der Waals surface area contributed by atoms with Gasteiger partial charge in [0.2, 0.25) is 5.56 Å². The molecule has 1 heterocycles. The van der Waals surface area contributed by atoms with Crippen molar-refractivity contribution in [3.63, 3.8) is 0 Å². The Bertz CT molecular complexity index is 634. The summed E-state index contributed by atoms with van der Waals surface area (Å²) in [5.74, 6) is 0.000434. The second kappa shape index (κ2) is 5.42. The molecule has 0 saturated carbocycles. The van der Waals surface area contributed by atoms with Crippen LogP contribution in [0.2, 0.25) is 0 Å². The third-order valence-electron chi connectivity index (χ3n) is 2.99. The zero-order valence-electron chi connectivity index (χ0n) is 11.0. The van der Waals surface area contributed by atoms with Crippen LogP contribution in [-0.2, 0) is 0 Å². The molecule has 0 bridgehead atoms. The summed E-state index contributed by atoms with van der Waals surface area (Å²) in [4.78, 5) is 13.9. The van der Waals surface area contributed by atoms with Crippen molar-refractivity contribution >= 4 is 10.9 Å². The molecule has 0 spiro atoms. The van der Waals surface area contributed by atoms with Gasteiger partial charge in [-0.05, 0) is 17.7 Å². The first-order chi connectivity index (χ1) is 8.99. The number of fused-ring (bicyclic) bond motifs is 1. The molecule has 0 amide bonds. The fourth-order valence-electron chi connectivity index (χ4n) is 2.01. The third kappa shape index (κ3) is 2.94. The van der Waals surface area contributed by atoms with Crippen LogP contribution in [0.15, 0.2) is 29.1 Å². The number of aliphatic hydroxyl groups is 1. The lowest BCUT2D eigenvalue weighted by atomic mass is 10.0. The van der Waals surface area contributed by atoms with Crippen molar-refractivity contribution in [3.8, 4) is 5.75 Å². The standard InChI is InChI=1S/C14H18N2O3/c1-8(2)15-7-12(18)9-3-5-11(17)14-10(9)4-6-13(19)16-14/h3-6,8,12,15,17-18H,7H2,1-2H3,(H,16,19). The first kappa shape index (κ1) is 13.6. The van der Waals surface area contributed by atoms with Gasteiger partial charge >= 0.3 is 0 Å². The highest BCUT2D eigenvalue weighted by atomic mass is 16.3. The average Bonchev–Trinajstić information content (AvgIpc) is 2.37. The number of rotatable bonds is 4. The van der Waals surface area contributed by atoms with E-state index < -0.39 is 6.10 Å². The van der Waals surface area contributed by atoms with Crippen molar-refractivity contribution in [2.45, 2.75) is 26.0 Å². The zero-order valence-corrected chi connectivity index (χ0v) is 11.0. The van der Waals surface area contributed by atoms with Crippen molar-refractivity contribution in [1.29, 1.82) is 0 Å². The number of aromatic hydroxyl groups is 1. The maximum atomic E-state index is 11.3. The van der Waals surface area contributed by atoms with Crippen LogP contribution in [0.1, 0.15) is 25.5 Å². The normalized spacial score (nSPS) is 13.1. The van der Waals surface area contributed by atoms with E-state index in [-0.39, 0.29) is 17.4 Å². The van der Waals surface area contributed by atoms with Gasteiger partial charge in [0.15, 0.2) is 0 Å². The van der Waals surface area contributed by atoms with Gasteiger partial charge in [0.25, 0.3) is 0 Å². The quantitative estimate of drug-likeness (QED) is 0.668. The van der Waals surface area contributed by atoms with Crippen LogP contribution in [0.25, 0.3) is 10.9 Å². The molecule has 1 unspecified atom stereocenters. The average molecular weight is 262 g/mol. The van der Waals surface area contributed by atoms with Crippen molar-refractivity contribution < 1.29 is 10.2 Å². The van der Waals surface area contributed by atoms with Crippen LogP contribution in [0.3, 0.4) is 0 Å². The van der Waals surface area contributed by atoms with Gasteiger partial charge in [-0.3, -0.25) is 4.79 Å². The Kier molecular flexibility index (Phi) is 3.87. The summed E-state index contributed by atoms with van der Waals surface area (Å²) in [6, 6.07) is 6.42. The minimum absolute atomic E-state index is 0.000434. The van der Waals surface area contributed by atoms with Gasteiger partial charge in [-0.25, -0.2) is 0 Å². The number of aromatic amines is 1. The molecule has 102 valence electrons. The third-order valence-corrected chi connectivity index (χ3v) is 2.99. The summed E-state index contributed by atoms with van der Waals surface area (Å²) in [6.07, 6.45) is -0.698. The molecule has 0 aliphatic heterocycles. The molecule has 0 radical (unpaired) electrons. The molecule has 0 aliphatic carbocycles. The van der Waals surface area contributed by atoms with Crippen LogP contribution in [0, 0.1) is 0 Å². The van der Waals surface area contributed by atoms with Crippen LogP contribution in [0.4, 0.5) is 0 Å². The lowest BCUT2D eigenvalue weighted by Crippen LogP contribution is -2.28. The number of benzene rings is 1. The lowest BCUT2D eigenvalue weighted by molar-refractivity contribution is 0.173. The molecule has 0 fully saturated rings. The van der Waals surface area contributed by atoms with E-state index in [1.807, 2.05) is 13.8 Å². The van der Waals surface area contributed by atoms with Gasteiger partial charge in [0, 0.05) is 24.0 Å². The Labute approximate surface area is 110 Å². The Morgan fingerprint density at radius 3 is 2.68 bits per heavy atom. The van der Waals surface area contributed by atoms with Crippen molar-refractivity contribution in [1.82, 2.24) is 10.3 Å². The van der Waals surface area contributed by atoms with Crippen LogP contribution in [0.5, 0.6) is 5.75 Å². The number of phenolic OH excluding ortho intramolecular Hbond substituents is 1. The number of pyridine rings is 1. The number of aliphatic hydroxyl groups excluding tert-OH is 1. The van der Waals surface area contributed by atoms with Crippen LogP contribution in [-0.4, -0.2) is 27.8 Å². The molecule has 5 nitrogen and oxygen atoms in total. The molecular formula is C14H18N2O3. The molecule has 0 aliphatic rings. The van der Waals surface area contributed by atoms with E-state index in [1.54, 1.807) is 12.1 Å². The predicted octanol–water partition coefficient (Wildman–Crippen LogP) is 1.27. The number of hydrogen-bond acceptors (Lipinski definition) is 4. The van der Waals surface area contributed by atoms with E-state index >= 15 is 0 Å². The fraction of sp³-hybridized carbons (Fsp3) is 0.357. The minimum atomic E-state index is -0.698. The van der Waals surface area contributed by atoms with E-state index in [9.17, 15) is 15.0 Å². The van der Waals surface area contributed by atoms with Gasteiger partial charge < -0.3 is 20.5 Å². The topological polar surface area (TPSA) is 85.3 Å². The van der Waals surface area contributed by atoms with Crippen molar-refractivity contribution in [3.05, 3.63) is 40.2 Å². The zero-order chi connectivity index (χ0) is 14.0. The molecule has 4 N–H and O–H groups in total. The van der Waals surface area contributed by atoms with Gasteiger partial charge in [0.1, 0.15) is 5.75 Å². The SMILES string of the molecule is CC(C)NCC(O)c1ccc(O)c2[nH]c(=O)ccc12. The molecular weight excluding hydrogens is 244 g/mol. The summed E-state index contributed by atoms with van der Waals surface area (Å²) in [5, 5.41) is 23.7. The number of hydrogen-bond donors (Lipinski definition) is 4. The summed E-state index contributed by atoms with van der Waals surface area (Å²) in [5.41, 5.74) is 0.751. The maximum Gasteiger partial charge on any atom is 0.248 e. The van der Waals surface area contributed by atoms with E-state index in [2.05, 4.69) is 10.3 Å². The summed E-state index contributed by atoms with van der Waals surface area (Å²) >= 11 is 0. The van der Waals surface area contributed by atoms with Gasteiger partial charge in [-0.2, -0.15) is 0 Å². The second-order valence-corrected chi connectivity index (χ2v) is 4.86. The first-order valence-corrected chi connectivity index (χ1v) is 6.25. The molecule has 1 aromatic carbocycles. The van der Waals surface area contributed by atoms with Crippen LogP contribution < -0.4 is 10.9 Å². The molecule has 19 heavy (non-hydrogen) atoms. The summed E-state index contributed by atoms with van der Waals surface area (Å²) in [7, 11) is 0. The lowest BCUT2D eigenvalue weighted by Gasteiger charge is -2.16. The fourth-order valence-corrected chi connectivity index (χ4v) is 2.01. The Morgan fingerprint density at radius 1 is 1.26 bits per heavy atom. The molecule has 2 aromatic rings. The predicted molar refractivity (Wildman–Crippen MR) is 74.3 cm³/mol. The number of H-pyrrole nitrogens is 1. The highest BCUT2D eigenvalue weighted by molar-refractivity contribution is 5.87. The summed E-state index contributed by atoms with van der Waals surface area (Å²) in [6.45, 7) is 4.41. The Balaban J connectivity index is 2.44. The molecule has 5 heteroatoms. The largest absolute Gasteiger partial charge is 0.506 e. The number of nitrogens with one attached hydrogen (secondary N) is 2. The van der Waals surface area contributed by atoms with Gasteiger partial charge in [-0.15, -0.1) is 0 Å². The van der Waals surface area contributed by atoms with E-state index in [0.29, 0.717) is 23.0 Å². The summed E-state index contributed by atoms with van der Waals surface area (Å²) < 4.78 is 0. The Hall–Kier alpha value is -1.85. The maximum absolute atomic E-state index is 11.3. The second-order valence-electron chi connectivity index (χ2n) is 4.86. The van der Waals surface area contributed by atoms with E-state index in [1.165, 1.54) is 12.1 Å². The molecule has 2 rings (SSSR count). The molecule has 0 saturated heterocycles. The van der Waals surface area contributed by atoms with E-state index in [0.717, 1.165) is 0 Å². The smallest absolute Gasteiger partial charge is 0.248 e. The highest BCUT2D eigenvalue weighted by Crippen LogP contribution is 2.28. The van der Waals surface area contributed by atoms with Gasteiger partial charge in [0.05, 0.1) is 11.6 Å². The minimum Gasteiger partial charge on any atom is -0.506 e. The van der Waals surface area contributed by atoms with Crippen molar-refractivity contribution in [2.24, 2.45) is 0 Å². The number of aromatic nitrogens is 1. The first-order valence-electron chi connectivity index (χ1n) is 6.25. The molecule has 1 aromatic heterocycles. The number of phenols is 1. The monoisotopic (exact) mass is 262 g/mol. The van der Waals surface area contributed by atoms with Crippen LogP contribution >= 0.6 is 0 Å². The highest BCUT2D eigenvalue weighted by Gasteiger charge is 2.13. The molecule has 1 atom stereocenters. The Morgan fingerprint density at radius 2 is 2.00 bits per heavy atom. The van der Waals surface area contributed by atoms with Crippen molar-refractivity contribution in [2.75, 3.05) is 6.54 Å². The van der Waals surface area contributed by atoms with Gasteiger partial charge in [-0.1, -0.05) is 19.9 Å².